The third-order valence-electron chi connectivity index (χ3n) is 2.10. The molecule has 0 fully saturated rings. The van der Waals surface area contributed by atoms with Crippen molar-refractivity contribution in [3.05, 3.63) is 28.3 Å². The fourth-order valence-corrected chi connectivity index (χ4v) is 1.36. The van der Waals surface area contributed by atoms with Crippen molar-refractivity contribution in [2.45, 2.75) is 12.7 Å². The second-order valence-corrected chi connectivity index (χ2v) is 3.81. The summed E-state index contributed by atoms with van der Waals surface area (Å²) >= 11 is 5.37. The fraction of sp³-hybridized carbons (Fsp3) is 0.400. The first-order chi connectivity index (χ1) is 8.93. The lowest BCUT2D eigenvalue weighted by molar-refractivity contribution is -0.384. The third kappa shape index (κ3) is 4.84. The number of rotatable bonds is 7. The second-order valence-electron chi connectivity index (χ2n) is 3.51. The molecular formula is C10H11ClF2N2O4. The number of alkyl halides is 3. The zero-order chi connectivity index (χ0) is 14.4. The summed E-state index contributed by atoms with van der Waals surface area (Å²) in [6.07, 6.45) is -0.916. The van der Waals surface area contributed by atoms with Gasteiger partial charge in [0, 0.05) is 18.7 Å². The van der Waals surface area contributed by atoms with Gasteiger partial charge >= 0.3 is 6.61 Å². The number of hydrogen-bond donors (Lipinski definition) is 2. The molecule has 1 aromatic rings. The fourth-order valence-electron chi connectivity index (χ4n) is 1.25. The summed E-state index contributed by atoms with van der Waals surface area (Å²) in [5.41, 5.74) is -0.303. The standard InChI is InChI=1S/C10H11ClF2N2O4/c11-4-7(16)5-14-8-3-6(15(17)18)1-2-9(8)19-10(12)13/h1-3,7,10,14,16H,4-5H2. The SMILES string of the molecule is O=[N+]([O-])c1ccc(OC(F)F)c(NCC(O)CCl)c1. The number of nitro benzene ring substituents is 1. The Labute approximate surface area is 112 Å². The van der Waals surface area contributed by atoms with Crippen LogP contribution in [-0.4, -0.2) is 35.2 Å². The third-order valence-corrected chi connectivity index (χ3v) is 2.45. The van der Waals surface area contributed by atoms with Crippen LogP contribution >= 0.6 is 11.6 Å². The first-order valence-electron chi connectivity index (χ1n) is 5.15. The molecule has 0 radical (unpaired) electrons. The Kier molecular flexibility index (Phi) is 5.71. The van der Waals surface area contributed by atoms with Crippen molar-refractivity contribution < 1.29 is 23.5 Å². The van der Waals surface area contributed by atoms with Crippen LogP contribution in [0.3, 0.4) is 0 Å². The molecule has 0 saturated carbocycles. The molecule has 0 aliphatic rings. The van der Waals surface area contributed by atoms with E-state index in [2.05, 4.69) is 10.1 Å². The van der Waals surface area contributed by atoms with Crippen LogP contribution in [0.5, 0.6) is 5.75 Å². The van der Waals surface area contributed by atoms with Gasteiger partial charge in [-0.15, -0.1) is 11.6 Å². The van der Waals surface area contributed by atoms with E-state index in [9.17, 15) is 24.0 Å². The van der Waals surface area contributed by atoms with Gasteiger partial charge in [-0.1, -0.05) is 0 Å². The van der Waals surface area contributed by atoms with Crippen molar-refractivity contribution in [3.8, 4) is 5.75 Å². The van der Waals surface area contributed by atoms with Crippen molar-refractivity contribution in [1.82, 2.24) is 0 Å². The molecular weight excluding hydrogens is 286 g/mol. The molecule has 1 unspecified atom stereocenters. The second kappa shape index (κ2) is 7.05. The van der Waals surface area contributed by atoms with Gasteiger partial charge in [-0.2, -0.15) is 8.78 Å². The van der Waals surface area contributed by atoms with E-state index in [4.69, 9.17) is 11.6 Å². The predicted octanol–water partition coefficient (Wildman–Crippen LogP) is 2.21. The van der Waals surface area contributed by atoms with Crippen LogP contribution < -0.4 is 10.1 Å². The number of anilines is 1. The van der Waals surface area contributed by atoms with Crippen molar-refractivity contribution in [3.63, 3.8) is 0 Å². The maximum Gasteiger partial charge on any atom is 0.387 e. The highest BCUT2D eigenvalue weighted by Crippen LogP contribution is 2.30. The topological polar surface area (TPSA) is 84.6 Å². The molecule has 0 heterocycles. The zero-order valence-corrected chi connectivity index (χ0v) is 10.3. The van der Waals surface area contributed by atoms with E-state index in [1.54, 1.807) is 0 Å². The molecule has 0 amide bonds. The molecule has 0 aromatic heterocycles. The smallest absolute Gasteiger partial charge is 0.387 e. The summed E-state index contributed by atoms with van der Waals surface area (Å²) in [4.78, 5) is 9.93. The van der Waals surface area contributed by atoms with E-state index in [-0.39, 0.29) is 29.5 Å². The molecule has 0 aliphatic carbocycles. The number of nitrogens with zero attached hydrogens (tertiary/aromatic N) is 1. The van der Waals surface area contributed by atoms with E-state index < -0.39 is 17.6 Å². The quantitative estimate of drug-likeness (QED) is 0.458. The minimum Gasteiger partial charge on any atom is -0.433 e. The van der Waals surface area contributed by atoms with E-state index in [0.717, 1.165) is 18.2 Å². The highest BCUT2D eigenvalue weighted by atomic mass is 35.5. The number of nitrogens with one attached hydrogen (secondary N) is 1. The van der Waals surface area contributed by atoms with Crippen molar-refractivity contribution in [1.29, 1.82) is 0 Å². The van der Waals surface area contributed by atoms with Gasteiger partial charge < -0.3 is 15.2 Å². The van der Waals surface area contributed by atoms with Gasteiger partial charge in [-0.3, -0.25) is 10.1 Å². The Morgan fingerprint density at radius 1 is 1.53 bits per heavy atom. The van der Waals surface area contributed by atoms with E-state index in [1.165, 1.54) is 0 Å². The molecule has 1 rings (SSSR count). The Morgan fingerprint density at radius 2 is 2.21 bits per heavy atom. The van der Waals surface area contributed by atoms with Crippen molar-refractivity contribution in [2.75, 3.05) is 17.7 Å². The number of ether oxygens (including phenoxy) is 1. The summed E-state index contributed by atoms with van der Waals surface area (Å²) in [6, 6.07) is 3.14. The number of benzene rings is 1. The molecule has 0 bridgehead atoms. The molecule has 6 nitrogen and oxygen atoms in total. The highest BCUT2D eigenvalue weighted by Gasteiger charge is 2.15. The van der Waals surface area contributed by atoms with E-state index in [1.807, 2.05) is 0 Å². The molecule has 1 aromatic carbocycles. The van der Waals surface area contributed by atoms with Gasteiger partial charge in [-0.25, -0.2) is 0 Å². The molecule has 1 atom stereocenters. The highest BCUT2D eigenvalue weighted by molar-refractivity contribution is 6.18. The van der Waals surface area contributed by atoms with Crippen LogP contribution in [0, 0.1) is 10.1 Å². The Bertz CT molecular complexity index is 448. The normalized spacial score (nSPS) is 12.3. The van der Waals surface area contributed by atoms with Crippen LogP contribution in [0.15, 0.2) is 18.2 Å². The summed E-state index contributed by atoms with van der Waals surface area (Å²) in [7, 11) is 0. The van der Waals surface area contributed by atoms with Gasteiger partial charge in [0.05, 0.1) is 22.6 Å². The van der Waals surface area contributed by atoms with Crippen LogP contribution in [-0.2, 0) is 0 Å². The van der Waals surface area contributed by atoms with Gasteiger partial charge in [0.15, 0.2) is 0 Å². The molecule has 9 heteroatoms. The largest absolute Gasteiger partial charge is 0.433 e. The van der Waals surface area contributed by atoms with Gasteiger partial charge in [0.25, 0.3) is 5.69 Å². The lowest BCUT2D eigenvalue weighted by Gasteiger charge is -2.14. The monoisotopic (exact) mass is 296 g/mol. The van der Waals surface area contributed by atoms with Gasteiger partial charge in [0.1, 0.15) is 5.75 Å². The minimum atomic E-state index is -3.06. The first kappa shape index (κ1) is 15.4. The lowest BCUT2D eigenvalue weighted by Crippen LogP contribution is -2.21. The number of nitro groups is 1. The predicted molar refractivity (Wildman–Crippen MR) is 64.9 cm³/mol. The molecule has 19 heavy (non-hydrogen) atoms. The Balaban J connectivity index is 2.93. The Morgan fingerprint density at radius 3 is 2.74 bits per heavy atom. The number of halogens is 3. The molecule has 106 valence electrons. The minimum absolute atomic E-state index is 0.0151. The van der Waals surface area contributed by atoms with Gasteiger partial charge in [0.2, 0.25) is 0 Å². The van der Waals surface area contributed by atoms with Crippen LogP contribution in [0.25, 0.3) is 0 Å². The van der Waals surface area contributed by atoms with Crippen LogP contribution in [0.1, 0.15) is 0 Å². The number of non-ortho nitro benzene ring substituents is 1. The average Bonchev–Trinajstić information content (AvgIpc) is 2.36. The van der Waals surface area contributed by atoms with Gasteiger partial charge in [-0.05, 0) is 6.07 Å². The molecule has 0 aliphatic heterocycles. The molecule has 2 N–H and O–H groups in total. The summed E-state index contributed by atoms with van der Waals surface area (Å²) in [5, 5.41) is 22.4. The summed E-state index contributed by atoms with van der Waals surface area (Å²) in [6.45, 7) is -3.11. The van der Waals surface area contributed by atoms with Crippen molar-refractivity contribution >= 4 is 23.0 Å². The maximum atomic E-state index is 12.2. The lowest BCUT2D eigenvalue weighted by atomic mass is 10.2. The number of hydrogen-bond acceptors (Lipinski definition) is 5. The summed E-state index contributed by atoms with van der Waals surface area (Å²) in [5.74, 6) is -0.310. The van der Waals surface area contributed by atoms with E-state index in [0.29, 0.717) is 0 Å². The van der Waals surface area contributed by atoms with E-state index >= 15 is 0 Å². The van der Waals surface area contributed by atoms with Crippen LogP contribution in [0.2, 0.25) is 0 Å². The molecule has 0 saturated heterocycles. The average molecular weight is 297 g/mol. The maximum absolute atomic E-state index is 12.2. The number of aliphatic hydroxyl groups excluding tert-OH is 1. The Hall–Kier alpha value is -1.67. The molecule has 0 spiro atoms. The van der Waals surface area contributed by atoms with Crippen molar-refractivity contribution in [2.24, 2.45) is 0 Å². The summed E-state index contributed by atoms with van der Waals surface area (Å²) < 4.78 is 28.6. The first-order valence-corrected chi connectivity index (χ1v) is 5.68. The van der Waals surface area contributed by atoms with Crippen LogP contribution in [0.4, 0.5) is 20.2 Å². The zero-order valence-electron chi connectivity index (χ0n) is 9.55. The number of aliphatic hydroxyl groups is 1.